The summed E-state index contributed by atoms with van der Waals surface area (Å²) in [6.07, 6.45) is 2.47. The van der Waals surface area contributed by atoms with Gasteiger partial charge in [0.1, 0.15) is 18.0 Å². The van der Waals surface area contributed by atoms with Gasteiger partial charge in [-0.15, -0.1) is 0 Å². The number of aliphatic hydroxyl groups is 1. The monoisotopic (exact) mass is 557 g/mol. The van der Waals surface area contributed by atoms with Gasteiger partial charge in [0.25, 0.3) is 5.91 Å². The van der Waals surface area contributed by atoms with Gasteiger partial charge in [-0.25, -0.2) is 4.98 Å². The van der Waals surface area contributed by atoms with Crippen molar-refractivity contribution in [2.75, 3.05) is 33.5 Å². The van der Waals surface area contributed by atoms with Crippen LogP contribution in [0.1, 0.15) is 23.0 Å². The first-order valence-electron chi connectivity index (χ1n) is 13.0. The maximum absolute atomic E-state index is 13.8. The Kier molecular flexibility index (Phi) is 7.19. The van der Waals surface area contributed by atoms with E-state index in [2.05, 4.69) is 0 Å². The van der Waals surface area contributed by atoms with Gasteiger partial charge in [0.2, 0.25) is 0 Å². The third kappa shape index (κ3) is 4.92. The largest absolute Gasteiger partial charge is 0.493 e. The first kappa shape index (κ1) is 26.0. The minimum Gasteiger partial charge on any atom is -0.493 e. The van der Waals surface area contributed by atoms with E-state index in [1.54, 1.807) is 13.2 Å². The second kappa shape index (κ2) is 11.1. The van der Waals surface area contributed by atoms with Crippen molar-refractivity contribution in [3.05, 3.63) is 101 Å². The molecule has 1 amide bonds. The molecule has 0 bridgehead atoms. The predicted molar refractivity (Wildman–Crippen MR) is 152 cm³/mol. The Morgan fingerprint density at radius 1 is 1.02 bits per heavy atom. The molecule has 3 heterocycles. The highest BCUT2D eigenvalue weighted by molar-refractivity contribution is 6.30. The van der Waals surface area contributed by atoms with Gasteiger partial charge in [0.15, 0.2) is 18.1 Å². The number of nitrogens with zero attached hydrogens (tertiary/aromatic N) is 3. The summed E-state index contributed by atoms with van der Waals surface area (Å²) in [5.74, 6) is 1.50. The van der Waals surface area contributed by atoms with E-state index in [9.17, 15) is 9.90 Å². The summed E-state index contributed by atoms with van der Waals surface area (Å²) in [7, 11) is 1.56. The molecule has 0 aliphatic carbocycles. The summed E-state index contributed by atoms with van der Waals surface area (Å²) < 4.78 is 19.2. The van der Waals surface area contributed by atoms with Gasteiger partial charge in [-0.2, -0.15) is 0 Å². The second-order valence-electron chi connectivity index (χ2n) is 9.54. The van der Waals surface area contributed by atoms with Crippen LogP contribution in [0.5, 0.6) is 17.2 Å². The number of halogens is 1. The predicted octanol–water partition coefficient (Wildman–Crippen LogP) is 5.07. The molecule has 0 saturated carbocycles. The van der Waals surface area contributed by atoms with E-state index < -0.39 is 6.04 Å². The fourth-order valence-electron chi connectivity index (χ4n) is 5.29. The lowest BCUT2D eigenvalue weighted by Crippen LogP contribution is -2.43. The van der Waals surface area contributed by atoms with Crippen LogP contribution in [0.15, 0.2) is 79.0 Å². The van der Waals surface area contributed by atoms with Crippen molar-refractivity contribution in [3.63, 3.8) is 0 Å². The average molecular weight is 558 g/mol. The smallest absolute Gasteiger partial charge is 0.261 e. The Morgan fingerprint density at radius 2 is 1.88 bits per heavy atom. The summed E-state index contributed by atoms with van der Waals surface area (Å²) in [6, 6.07) is 22.6. The van der Waals surface area contributed by atoms with Crippen molar-refractivity contribution in [2.24, 2.45) is 0 Å². The molecule has 9 heteroatoms. The fourth-order valence-corrected chi connectivity index (χ4v) is 5.44. The van der Waals surface area contributed by atoms with Crippen LogP contribution in [-0.4, -0.2) is 58.8 Å². The number of imidazole rings is 1. The van der Waals surface area contributed by atoms with E-state index in [4.69, 9.17) is 30.8 Å². The highest BCUT2D eigenvalue weighted by Crippen LogP contribution is 2.39. The third-order valence-electron chi connectivity index (χ3n) is 7.12. The van der Waals surface area contributed by atoms with Gasteiger partial charge in [-0.1, -0.05) is 48.0 Å². The molecule has 6 rings (SSSR count). The number of rotatable bonds is 8. The van der Waals surface area contributed by atoms with Gasteiger partial charge in [0, 0.05) is 30.3 Å². The number of carbonyl (C=O) groups is 1. The number of methoxy groups -OCH3 is 1. The quantitative estimate of drug-likeness (QED) is 0.287. The Morgan fingerprint density at radius 3 is 2.70 bits per heavy atom. The molecule has 1 atom stereocenters. The molecule has 0 saturated heterocycles. The maximum atomic E-state index is 13.8. The van der Waals surface area contributed by atoms with Crippen LogP contribution in [0.4, 0.5) is 0 Å². The Balaban J connectivity index is 1.37. The number of amides is 1. The van der Waals surface area contributed by atoms with Crippen LogP contribution < -0.4 is 14.2 Å². The van der Waals surface area contributed by atoms with Gasteiger partial charge < -0.3 is 28.6 Å². The van der Waals surface area contributed by atoms with Gasteiger partial charge in [0.05, 0.1) is 31.1 Å². The van der Waals surface area contributed by atoms with Crippen molar-refractivity contribution < 1.29 is 24.1 Å². The van der Waals surface area contributed by atoms with Gasteiger partial charge in [-0.3, -0.25) is 4.79 Å². The number of ether oxygens (including phenoxy) is 3. The van der Waals surface area contributed by atoms with Crippen molar-refractivity contribution in [1.29, 1.82) is 0 Å². The number of hydrogen-bond donors (Lipinski definition) is 1. The Labute approximate surface area is 236 Å². The van der Waals surface area contributed by atoms with E-state index in [-0.39, 0.29) is 25.7 Å². The molecule has 3 aromatic carbocycles. The highest BCUT2D eigenvalue weighted by Gasteiger charge is 2.36. The van der Waals surface area contributed by atoms with E-state index in [0.29, 0.717) is 35.2 Å². The summed E-state index contributed by atoms with van der Waals surface area (Å²) in [6.45, 7) is 0.336. The Hall–Kier alpha value is -4.27. The molecule has 204 valence electrons. The van der Waals surface area contributed by atoms with Crippen molar-refractivity contribution in [1.82, 2.24) is 14.3 Å². The minimum absolute atomic E-state index is 0.114. The molecule has 1 N–H and O–H groups in total. The molecule has 0 radical (unpaired) electrons. The summed E-state index contributed by atoms with van der Waals surface area (Å²) in [5.41, 5.74) is 3.33. The molecular weight excluding hydrogens is 530 g/mol. The number of aliphatic hydroxyl groups excluding tert-OH is 1. The normalized spacial score (nSPS) is 14.8. The number of fused-ring (bicyclic) bond motifs is 4. The standard InChI is InChI=1S/C31H28ClN3O5/c1-38-26-9-7-22(17-27(26)39-15-14-36)30-31-25(33-28-18-23(32)10-12-34(28)31)11-13-35(30)29(37)19-40-24-8-6-20-4-2-3-5-21(20)16-24/h2-10,12,16-18,30,36H,11,13-15,19H2,1H3. The van der Waals surface area contributed by atoms with Crippen molar-refractivity contribution in [2.45, 2.75) is 12.5 Å². The number of pyridine rings is 1. The first-order chi connectivity index (χ1) is 19.6. The maximum Gasteiger partial charge on any atom is 0.261 e. The first-order valence-corrected chi connectivity index (χ1v) is 13.4. The molecule has 5 aromatic rings. The average Bonchev–Trinajstić information content (AvgIpc) is 3.35. The molecule has 8 nitrogen and oxygen atoms in total. The molecule has 1 unspecified atom stereocenters. The number of hydrogen-bond acceptors (Lipinski definition) is 6. The van der Waals surface area contributed by atoms with E-state index >= 15 is 0 Å². The zero-order valence-electron chi connectivity index (χ0n) is 21.9. The molecule has 0 fully saturated rings. The van der Waals surface area contributed by atoms with Crippen molar-refractivity contribution in [3.8, 4) is 17.2 Å². The lowest BCUT2D eigenvalue weighted by molar-refractivity contribution is -0.135. The van der Waals surface area contributed by atoms with Crippen LogP contribution in [-0.2, 0) is 11.2 Å². The Bertz CT molecular complexity index is 1700. The SMILES string of the molecule is COc1ccc(C2c3c(nc4cc(Cl)ccn34)CCN2C(=O)COc2ccc3ccccc3c2)cc1OCCO. The van der Waals surface area contributed by atoms with E-state index in [1.165, 1.54) is 0 Å². The molecule has 2 aromatic heterocycles. The molecule has 1 aliphatic heterocycles. The number of benzene rings is 3. The van der Waals surface area contributed by atoms with E-state index in [0.717, 1.165) is 33.4 Å². The molecule has 40 heavy (non-hydrogen) atoms. The second-order valence-corrected chi connectivity index (χ2v) is 9.97. The molecular formula is C31H28ClN3O5. The van der Waals surface area contributed by atoms with Crippen LogP contribution in [0.3, 0.4) is 0 Å². The summed E-state index contributed by atoms with van der Waals surface area (Å²) in [4.78, 5) is 20.4. The fraction of sp³-hybridized carbons (Fsp3) is 0.226. The minimum atomic E-state index is -0.463. The molecule has 1 aliphatic rings. The lowest BCUT2D eigenvalue weighted by atomic mass is 9.95. The van der Waals surface area contributed by atoms with Crippen LogP contribution >= 0.6 is 11.6 Å². The summed E-state index contributed by atoms with van der Waals surface area (Å²) in [5, 5.41) is 12.1. The number of aromatic nitrogens is 2. The van der Waals surface area contributed by atoms with Crippen LogP contribution in [0, 0.1) is 0 Å². The highest BCUT2D eigenvalue weighted by atomic mass is 35.5. The third-order valence-corrected chi connectivity index (χ3v) is 7.35. The molecule has 0 spiro atoms. The van der Waals surface area contributed by atoms with E-state index in [1.807, 2.05) is 82.2 Å². The van der Waals surface area contributed by atoms with Gasteiger partial charge in [-0.05, 0) is 46.7 Å². The van der Waals surface area contributed by atoms with Crippen molar-refractivity contribution >= 4 is 33.9 Å². The lowest BCUT2D eigenvalue weighted by Gasteiger charge is -2.36. The number of carbonyl (C=O) groups excluding carboxylic acids is 1. The topological polar surface area (TPSA) is 85.5 Å². The van der Waals surface area contributed by atoms with Crippen LogP contribution in [0.2, 0.25) is 5.02 Å². The van der Waals surface area contributed by atoms with Gasteiger partial charge >= 0.3 is 0 Å². The van der Waals surface area contributed by atoms with Crippen LogP contribution in [0.25, 0.3) is 16.4 Å². The summed E-state index contributed by atoms with van der Waals surface area (Å²) >= 11 is 6.27. The zero-order chi connectivity index (χ0) is 27.6. The zero-order valence-corrected chi connectivity index (χ0v) is 22.7.